The van der Waals surface area contributed by atoms with Crippen molar-refractivity contribution in [1.82, 2.24) is 0 Å². The highest BCUT2D eigenvalue weighted by molar-refractivity contribution is 6.35. The van der Waals surface area contributed by atoms with E-state index in [1.54, 1.807) is 18.2 Å². The Hall–Kier alpha value is -0.930. The summed E-state index contributed by atoms with van der Waals surface area (Å²) >= 11 is 11.7. The number of halogens is 2. The van der Waals surface area contributed by atoms with Crippen LogP contribution in [-0.2, 0) is 4.74 Å². The number of ether oxygens (including phenoxy) is 1. The molecule has 0 saturated heterocycles. The largest absolute Gasteiger partial charge is 0.441 e. The highest BCUT2D eigenvalue weighted by atomic mass is 35.5. The summed E-state index contributed by atoms with van der Waals surface area (Å²) in [5.41, 5.74) is 5.67. The Kier molecular flexibility index (Phi) is 4.24. The fourth-order valence-electron chi connectivity index (χ4n) is 1.27. The highest BCUT2D eigenvalue weighted by Gasteiger charge is 2.16. The summed E-state index contributed by atoms with van der Waals surface area (Å²) in [5, 5.41) is 1.01. The summed E-state index contributed by atoms with van der Waals surface area (Å²) < 4.78 is 4.92. The molecule has 0 aliphatic rings. The maximum atomic E-state index is 10.7. The number of hydrogen-bond acceptors (Lipinski definition) is 2. The number of hydrogen-bond donors (Lipinski definition) is 1. The number of amides is 1. The fourth-order valence-corrected chi connectivity index (χ4v) is 1.80. The first-order valence-corrected chi connectivity index (χ1v) is 5.21. The van der Waals surface area contributed by atoms with Gasteiger partial charge in [0.25, 0.3) is 0 Å². The van der Waals surface area contributed by atoms with Crippen molar-refractivity contribution in [2.45, 2.75) is 19.4 Å². The van der Waals surface area contributed by atoms with Gasteiger partial charge in [-0.1, -0.05) is 36.2 Å². The molecule has 0 unspecified atom stereocenters. The van der Waals surface area contributed by atoms with Gasteiger partial charge in [0.15, 0.2) is 0 Å². The van der Waals surface area contributed by atoms with E-state index in [0.717, 1.165) is 0 Å². The van der Waals surface area contributed by atoms with Gasteiger partial charge in [-0.25, -0.2) is 4.79 Å². The number of rotatable bonds is 3. The van der Waals surface area contributed by atoms with E-state index in [4.69, 9.17) is 33.7 Å². The van der Waals surface area contributed by atoms with Crippen LogP contribution in [0.4, 0.5) is 4.79 Å². The van der Waals surface area contributed by atoms with E-state index in [2.05, 4.69) is 0 Å². The van der Waals surface area contributed by atoms with Crippen LogP contribution in [0, 0.1) is 0 Å². The normalized spacial score (nSPS) is 12.2. The molecule has 0 fully saturated rings. The summed E-state index contributed by atoms with van der Waals surface area (Å²) in [4.78, 5) is 10.7. The van der Waals surface area contributed by atoms with Crippen LogP contribution in [0.1, 0.15) is 25.0 Å². The Morgan fingerprint density at radius 1 is 1.53 bits per heavy atom. The van der Waals surface area contributed by atoms with Gasteiger partial charge in [-0.3, -0.25) is 0 Å². The minimum absolute atomic E-state index is 0.424. The lowest BCUT2D eigenvalue weighted by atomic mass is 10.1. The van der Waals surface area contributed by atoms with E-state index in [1.165, 1.54) is 0 Å². The second-order valence-corrected chi connectivity index (χ2v) is 3.84. The minimum Gasteiger partial charge on any atom is -0.441 e. The van der Waals surface area contributed by atoms with Gasteiger partial charge in [0.05, 0.1) is 0 Å². The molecule has 15 heavy (non-hydrogen) atoms. The Morgan fingerprint density at radius 2 is 2.20 bits per heavy atom. The summed E-state index contributed by atoms with van der Waals surface area (Å²) in [7, 11) is 0. The molecule has 0 bridgehead atoms. The van der Waals surface area contributed by atoms with Crippen molar-refractivity contribution >= 4 is 29.3 Å². The third-order valence-corrected chi connectivity index (χ3v) is 2.50. The first-order valence-electron chi connectivity index (χ1n) is 4.45. The molecule has 0 radical (unpaired) electrons. The summed E-state index contributed by atoms with van der Waals surface area (Å²) in [6, 6.07) is 5.02. The third kappa shape index (κ3) is 3.29. The molecule has 0 aliphatic carbocycles. The van der Waals surface area contributed by atoms with E-state index in [1.807, 2.05) is 6.92 Å². The molecule has 1 amide bonds. The number of carbonyl (C=O) groups excluding carboxylic acids is 1. The van der Waals surface area contributed by atoms with Gasteiger partial charge < -0.3 is 10.5 Å². The van der Waals surface area contributed by atoms with Crippen LogP contribution < -0.4 is 5.73 Å². The molecular weight excluding hydrogens is 237 g/mol. The Morgan fingerprint density at radius 3 is 2.67 bits per heavy atom. The van der Waals surface area contributed by atoms with Gasteiger partial charge in [0, 0.05) is 15.6 Å². The van der Waals surface area contributed by atoms with Crippen molar-refractivity contribution in [3.8, 4) is 0 Å². The molecule has 0 saturated carbocycles. The van der Waals surface area contributed by atoms with Crippen LogP contribution in [0.25, 0.3) is 0 Å². The van der Waals surface area contributed by atoms with E-state index in [-0.39, 0.29) is 0 Å². The van der Waals surface area contributed by atoms with Crippen LogP contribution in [0.15, 0.2) is 18.2 Å². The SMILES string of the molecule is CC[C@@H](OC(N)=O)c1ccc(Cl)cc1Cl. The number of primary amides is 1. The monoisotopic (exact) mass is 247 g/mol. The molecule has 5 heteroatoms. The lowest BCUT2D eigenvalue weighted by Crippen LogP contribution is -2.17. The third-order valence-electron chi connectivity index (χ3n) is 1.94. The Bertz CT molecular complexity index is 368. The molecule has 0 aliphatic heterocycles. The first-order chi connectivity index (χ1) is 7.04. The smallest absolute Gasteiger partial charge is 0.405 e. The van der Waals surface area contributed by atoms with Crippen LogP contribution in [0.5, 0.6) is 0 Å². The van der Waals surface area contributed by atoms with Gasteiger partial charge in [0.1, 0.15) is 6.10 Å². The molecule has 1 rings (SSSR count). The fraction of sp³-hybridized carbons (Fsp3) is 0.300. The Labute approximate surface area is 98.1 Å². The molecule has 0 heterocycles. The van der Waals surface area contributed by atoms with Crippen molar-refractivity contribution in [3.05, 3.63) is 33.8 Å². The predicted molar refractivity (Wildman–Crippen MR) is 60.2 cm³/mol. The number of carbonyl (C=O) groups is 1. The van der Waals surface area contributed by atoms with E-state index < -0.39 is 12.2 Å². The van der Waals surface area contributed by atoms with E-state index in [9.17, 15) is 4.79 Å². The minimum atomic E-state index is -0.812. The quantitative estimate of drug-likeness (QED) is 0.889. The van der Waals surface area contributed by atoms with Crippen LogP contribution in [0.2, 0.25) is 10.0 Å². The van der Waals surface area contributed by atoms with E-state index >= 15 is 0 Å². The predicted octanol–water partition coefficient (Wildman–Crippen LogP) is 3.54. The van der Waals surface area contributed by atoms with Gasteiger partial charge in [-0.15, -0.1) is 0 Å². The molecule has 0 aromatic heterocycles. The van der Waals surface area contributed by atoms with Crippen LogP contribution >= 0.6 is 23.2 Å². The first kappa shape index (κ1) is 12.1. The van der Waals surface area contributed by atoms with Crippen molar-refractivity contribution in [2.75, 3.05) is 0 Å². The zero-order valence-electron chi connectivity index (χ0n) is 8.17. The van der Waals surface area contributed by atoms with E-state index in [0.29, 0.717) is 22.0 Å². The number of benzene rings is 1. The van der Waals surface area contributed by atoms with Gasteiger partial charge in [-0.05, 0) is 18.6 Å². The van der Waals surface area contributed by atoms with Gasteiger partial charge >= 0.3 is 6.09 Å². The second kappa shape index (κ2) is 5.24. The molecular formula is C10H11Cl2NO2. The lowest BCUT2D eigenvalue weighted by molar-refractivity contribution is 0.104. The zero-order valence-corrected chi connectivity index (χ0v) is 9.68. The molecule has 1 aromatic carbocycles. The average Bonchev–Trinajstić information content (AvgIpc) is 2.14. The van der Waals surface area contributed by atoms with Crippen molar-refractivity contribution in [2.24, 2.45) is 5.73 Å². The summed E-state index contributed by atoms with van der Waals surface area (Å²) in [6.07, 6.45) is -0.635. The zero-order chi connectivity index (χ0) is 11.4. The van der Waals surface area contributed by atoms with Gasteiger partial charge in [0.2, 0.25) is 0 Å². The van der Waals surface area contributed by atoms with Crippen LogP contribution in [0.3, 0.4) is 0 Å². The van der Waals surface area contributed by atoms with Crippen molar-refractivity contribution < 1.29 is 9.53 Å². The summed E-state index contributed by atoms with van der Waals surface area (Å²) in [6.45, 7) is 1.87. The van der Waals surface area contributed by atoms with Crippen molar-refractivity contribution in [3.63, 3.8) is 0 Å². The molecule has 2 N–H and O–H groups in total. The highest BCUT2D eigenvalue weighted by Crippen LogP contribution is 2.30. The van der Waals surface area contributed by atoms with Gasteiger partial charge in [-0.2, -0.15) is 0 Å². The molecule has 82 valence electrons. The summed E-state index contributed by atoms with van der Waals surface area (Å²) in [5.74, 6) is 0. The second-order valence-electron chi connectivity index (χ2n) is 3.00. The number of nitrogens with two attached hydrogens (primary N) is 1. The van der Waals surface area contributed by atoms with Crippen molar-refractivity contribution in [1.29, 1.82) is 0 Å². The lowest BCUT2D eigenvalue weighted by Gasteiger charge is -2.16. The maximum absolute atomic E-state index is 10.7. The molecule has 1 atom stereocenters. The Balaban J connectivity index is 2.96. The topological polar surface area (TPSA) is 52.3 Å². The maximum Gasteiger partial charge on any atom is 0.405 e. The van der Waals surface area contributed by atoms with Crippen LogP contribution in [-0.4, -0.2) is 6.09 Å². The molecule has 1 aromatic rings. The standard InChI is InChI=1S/C10H11Cl2NO2/c1-2-9(15-10(13)14)7-4-3-6(11)5-8(7)12/h3-5,9H,2H2,1H3,(H2,13,14)/t9-/m1/s1. The average molecular weight is 248 g/mol. The molecule has 3 nitrogen and oxygen atoms in total. The molecule has 0 spiro atoms.